The number of thiazole rings is 1. The number of aromatic nitrogens is 1. The fraction of sp³-hybridized carbons (Fsp3) is 0.100. The molecular formula is C10H7Cl3N2O2S2. The van der Waals surface area contributed by atoms with Crippen molar-refractivity contribution in [1.82, 2.24) is 4.98 Å². The van der Waals surface area contributed by atoms with Gasteiger partial charge >= 0.3 is 0 Å². The molecule has 19 heavy (non-hydrogen) atoms. The quantitative estimate of drug-likeness (QED) is 0.895. The zero-order valence-electron chi connectivity index (χ0n) is 9.45. The van der Waals surface area contributed by atoms with E-state index in [0.29, 0.717) is 0 Å². The topological polar surface area (TPSA) is 59.1 Å². The van der Waals surface area contributed by atoms with Gasteiger partial charge in [0, 0.05) is 16.1 Å². The molecule has 102 valence electrons. The summed E-state index contributed by atoms with van der Waals surface area (Å²) in [6.07, 6.45) is 1.56. The second kappa shape index (κ2) is 5.46. The second-order valence-electron chi connectivity index (χ2n) is 3.58. The van der Waals surface area contributed by atoms with Crippen molar-refractivity contribution in [2.24, 2.45) is 0 Å². The molecule has 9 heteroatoms. The Hall–Kier alpha value is -0.530. The first kappa shape index (κ1) is 14.9. The Balaban J connectivity index is 2.45. The molecule has 1 N–H and O–H groups in total. The standard InChI is InChI=1S/C10H7Cl3N2O2S2/c1-5-4-14-10(18-5)15-19(16,17)9-7(12)2-6(11)3-8(9)13/h2-4H,1H3,(H,14,15). The minimum atomic E-state index is -3.90. The predicted molar refractivity (Wildman–Crippen MR) is 79.1 cm³/mol. The summed E-state index contributed by atoms with van der Waals surface area (Å²) in [6.45, 7) is 1.82. The van der Waals surface area contributed by atoms with Gasteiger partial charge in [-0.3, -0.25) is 4.72 Å². The Labute approximate surface area is 129 Å². The molecule has 0 aliphatic carbocycles. The van der Waals surface area contributed by atoms with Crippen LogP contribution in [0.5, 0.6) is 0 Å². The van der Waals surface area contributed by atoms with Crippen molar-refractivity contribution < 1.29 is 8.42 Å². The molecule has 0 atom stereocenters. The molecule has 0 aliphatic rings. The number of hydrogen-bond donors (Lipinski definition) is 1. The normalized spacial score (nSPS) is 11.6. The van der Waals surface area contributed by atoms with Crippen molar-refractivity contribution in [1.29, 1.82) is 0 Å². The predicted octanol–water partition coefficient (Wildman–Crippen LogP) is 4.21. The lowest BCUT2D eigenvalue weighted by Crippen LogP contribution is -2.13. The van der Waals surface area contributed by atoms with E-state index in [-0.39, 0.29) is 25.1 Å². The van der Waals surface area contributed by atoms with E-state index in [1.165, 1.54) is 23.5 Å². The van der Waals surface area contributed by atoms with Gasteiger partial charge in [-0.2, -0.15) is 0 Å². The van der Waals surface area contributed by atoms with Crippen LogP contribution in [0.25, 0.3) is 0 Å². The second-order valence-corrected chi connectivity index (χ2v) is 7.68. The van der Waals surface area contributed by atoms with Crippen LogP contribution in [0.15, 0.2) is 23.2 Å². The molecule has 0 saturated carbocycles. The highest BCUT2D eigenvalue weighted by Crippen LogP contribution is 2.34. The molecule has 0 unspecified atom stereocenters. The van der Waals surface area contributed by atoms with Gasteiger partial charge in [-0.1, -0.05) is 34.8 Å². The minimum absolute atomic E-state index is 0.0433. The summed E-state index contributed by atoms with van der Waals surface area (Å²) in [6, 6.07) is 2.63. The first-order valence-corrected chi connectivity index (χ1v) is 8.33. The monoisotopic (exact) mass is 356 g/mol. The molecule has 0 saturated heterocycles. The molecule has 1 heterocycles. The average Bonchev–Trinajstić information content (AvgIpc) is 2.60. The number of anilines is 1. The van der Waals surface area contributed by atoms with Crippen LogP contribution in [0.4, 0.5) is 5.13 Å². The van der Waals surface area contributed by atoms with Crippen molar-refractivity contribution in [3.05, 3.63) is 38.3 Å². The molecule has 2 aromatic rings. The first-order valence-electron chi connectivity index (χ1n) is 4.89. The molecule has 0 amide bonds. The van der Waals surface area contributed by atoms with Crippen LogP contribution in [0.1, 0.15) is 4.88 Å². The number of rotatable bonds is 3. The largest absolute Gasteiger partial charge is 0.266 e. The lowest BCUT2D eigenvalue weighted by molar-refractivity contribution is 0.601. The SMILES string of the molecule is Cc1cnc(NS(=O)(=O)c2c(Cl)cc(Cl)cc2Cl)s1. The summed E-state index contributed by atoms with van der Waals surface area (Å²) in [5.41, 5.74) is 0. The van der Waals surface area contributed by atoms with Gasteiger partial charge in [0.15, 0.2) is 5.13 Å². The maximum absolute atomic E-state index is 12.2. The van der Waals surface area contributed by atoms with Crippen molar-refractivity contribution in [2.75, 3.05) is 4.72 Å². The third-order valence-electron chi connectivity index (χ3n) is 2.07. The molecule has 0 aliphatic heterocycles. The van der Waals surface area contributed by atoms with Crippen LogP contribution in [0, 0.1) is 6.92 Å². The number of halogens is 3. The van der Waals surface area contributed by atoms with E-state index in [9.17, 15) is 8.42 Å². The number of nitrogens with one attached hydrogen (secondary N) is 1. The molecule has 1 aromatic carbocycles. The third-order valence-corrected chi connectivity index (χ3v) is 5.51. The maximum atomic E-state index is 12.2. The fourth-order valence-corrected chi connectivity index (χ4v) is 4.81. The van der Waals surface area contributed by atoms with E-state index in [4.69, 9.17) is 34.8 Å². The molecule has 1 aromatic heterocycles. The van der Waals surface area contributed by atoms with Crippen molar-refractivity contribution in [2.45, 2.75) is 11.8 Å². The Morgan fingerprint density at radius 3 is 2.26 bits per heavy atom. The summed E-state index contributed by atoms with van der Waals surface area (Å²) in [5, 5.41) is 0.426. The summed E-state index contributed by atoms with van der Waals surface area (Å²) in [5.74, 6) is 0. The molecule has 0 spiro atoms. The molecule has 4 nitrogen and oxygen atoms in total. The zero-order chi connectivity index (χ0) is 14.2. The van der Waals surface area contributed by atoms with Gasteiger partial charge in [0.1, 0.15) is 4.90 Å². The summed E-state index contributed by atoms with van der Waals surface area (Å²) in [4.78, 5) is 4.59. The van der Waals surface area contributed by atoms with Gasteiger partial charge in [-0.25, -0.2) is 13.4 Å². The third kappa shape index (κ3) is 3.32. The highest BCUT2D eigenvalue weighted by atomic mass is 35.5. The Morgan fingerprint density at radius 1 is 1.21 bits per heavy atom. The van der Waals surface area contributed by atoms with Crippen LogP contribution in [0.3, 0.4) is 0 Å². The van der Waals surface area contributed by atoms with Gasteiger partial charge in [0.2, 0.25) is 0 Å². The Morgan fingerprint density at radius 2 is 1.79 bits per heavy atom. The first-order chi connectivity index (χ1) is 8.79. The maximum Gasteiger partial charge on any atom is 0.266 e. The van der Waals surface area contributed by atoms with Gasteiger partial charge in [-0.05, 0) is 19.1 Å². The van der Waals surface area contributed by atoms with E-state index in [2.05, 4.69) is 9.71 Å². The smallest absolute Gasteiger partial charge is 0.255 e. The minimum Gasteiger partial charge on any atom is -0.255 e. The van der Waals surface area contributed by atoms with Gasteiger partial charge in [-0.15, -0.1) is 11.3 Å². The Bertz CT molecular complexity index is 705. The van der Waals surface area contributed by atoms with Crippen LogP contribution in [-0.4, -0.2) is 13.4 Å². The highest BCUT2D eigenvalue weighted by molar-refractivity contribution is 7.93. The molecule has 0 bridgehead atoms. The van der Waals surface area contributed by atoms with Crippen molar-refractivity contribution in [3.8, 4) is 0 Å². The fourth-order valence-electron chi connectivity index (χ4n) is 1.35. The van der Waals surface area contributed by atoms with E-state index < -0.39 is 10.0 Å². The highest BCUT2D eigenvalue weighted by Gasteiger charge is 2.23. The molecule has 2 rings (SSSR count). The number of nitrogens with zero attached hydrogens (tertiary/aromatic N) is 1. The van der Waals surface area contributed by atoms with Gasteiger partial charge in [0.05, 0.1) is 10.0 Å². The van der Waals surface area contributed by atoms with E-state index >= 15 is 0 Å². The summed E-state index contributed by atoms with van der Waals surface area (Å²) in [7, 11) is -3.90. The molecule has 0 fully saturated rings. The van der Waals surface area contributed by atoms with E-state index in [1.54, 1.807) is 6.20 Å². The zero-order valence-corrected chi connectivity index (χ0v) is 13.3. The summed E-state index contributed by atoms with van der Waals surface area (Å²) < 4.78 is 26.7. The summed E-state index contributed by atoms with van der Waals surface area (Å²) >= 11 is 18.7. The lowest BCUT2D eigenvalue weighted by atomic mass is 10.4. The van der Waals surface area contributed by atoms with Crippen LogP contribution >= 0.6 is 46.1 Å². The number of benzene rings is 1. The lowest BCUT2D eigenvalue weighted by Gasteiger charge is -2.09. The molecular weight excluding hydrogens is 351 g/mol. The van der Waals surface area contributed by atoms with Gasteiger partial charge < -0.3 is 0 Å². The van der Waals surface area contributed by atoms with E-state index in [1.807, 2.05) is 6.92 Å². The van der Waals surface area contributed by atoms with Crippen molar-refractivity contribution >= 4 is 61.3 Å². The van der Waals surface area contributed by atoms with E-state index in [0.717, 1.165) is 4.88 Å². The number of sulfonamides is 1. The number of hydrogen-bond acceptors (Lipinski definition) is 4. The van der Waals surface area contributed by atoms with Gasteiger partial charge in [0.25, 0.3) is 10.0 Å². The average molecular weight is 358 g/mol. The van der Waals surface area contributed by atoms with Crippen LogP contribution < -0.4 is 4.72 Å². The van der Waals surface area contributed by atoms with Crippen molar-refractivity contribution in [3.63, 3.8) is 0 Å². The van der Waals surface area contributed by atoms with Crippen LogP contribution in [0.2, 0.25) is 15.1 Å². The Kier molecular flexibility index (Phi) is 4.27. The molecule has 0 radical (unpaired) electrons. The van der Waals surface area contributed by atoms with Crippen LogP contribution in [-0.2, 0) is 10.0 Å². The number of aryl methyl sites for hydroxylation is 1.